The van der Waals surface area contributed by atoms with Crippen molar-refractivity contribution in [3.05, 3.63) is 0 Å². The Kier molecular flexibility index (Phi) is 4.08. The fraction of sp³-hybridized carbons (Fsp3) is 1.00. The predicted molar refractivity (Wildman–Crippen MR) is 47.6 cm³/mol. The van der Waals surface area contributed by atoms with Crippen LogP contribution in [0.5, 0.6) is 0 Å². The van der Waals surface area contributed by atoms with Crippen LogP contribution in [-0.2, 0) is 4.57 Å². The van der Waals surface area contributed by atoms with Crippen molar-refractivity contribution in [2.75, 3.05) is 12.0 Å². The molecular weight excluding hydrogens is 185 g/mol. The van der Waals surface area contributed by atoms with E-state index in [1.165, 1.54) is 18.7 Å². The summed E-state index contributed by atoms with van der Waals surface area (Å²) in [6.07, 6.45) is 2.20. The molecule has 11 heavy (non-hydrogen) atoms. The molecule has 4 nitrogen and oxygen atoms in total. The van der Waals surface area contributed by atoms with Crippen LogP contribution in [0.2, 0.25) is 0 Å². The van der Waals surface area contributed by atoms with Crippen LogP contribution in [-0.4, -0.2) is 27.1 Å². The average molecular weight is 199 g/mol. The smallest absolute Gasteiger partial charge is 0.323 e. The van der Waals surface area contributed by atoms with E-state index in [4.69, 9.17) is 15.5 Å². The number of hydrogen-bond donors (Lipinski definition) is 3. The summed E-state index contributed by atoms with van der Waals surface area (Å²) in [7, 11) is -4.13. The van der Waals surface area contributed by atoms with Crippen molar-refractivity contribution in [1.82, 2.24) is 0 Å². The molecule has 6 heteroatoms. The van der Waals surface area contributed by atoms with Gasteiger partial charge in [-0.05, 0) is 25.4 Å². The lowest BCUT2D eigenvalue weighted by Crippen LogP contribution is -2.36. The summed E-state index contributed by atoms with van der Waals surface area (Å²) in [5, 5.41) is -1.37. The highest BCUT2D eigenvalue weighted by molar-refractivity contribution is 7.98. The zero-order valence-electron chi connectivity index (χ0n) is 6.65. The van der Waals surface area contributed by atoms with Gasteiger partial charge in [0.1, 0.15) is 5.28 Å². The second-order valence-corrected chi connectivity index (χ2v) is 5.74. The molecule has 0 radical (unpaired) electrons. The van der Waals surface area contributed by atoms with E-state index in [-0.39, 0.29) is 0 Å². The molecule has 0 aromatic carbocycles. The lowest BCUT2D eigenvalue weighted by atomic mass is 10.3. The SMILES string of the molecule is CSCCC(C)(N)P(=O)(O)O. The van der Waals surface area contributed by atoms with Gasteiger partial charge in [-0.25, -0.2) is 0 Å². The van der Waals surface area contributed by atoms with Crippen molar-refractivity contribution in [2.24, 2.45) is 5.73 Å². The molecule has 1 atom stereocenters. The van der Waals surface area contributed by atoms with Crippen LogP contribution in [0.1, 0.15) is 13.3 Å². The van der Waals surface area contributed by atoms with E-state index >= 15 is 0 Å². The summed E-state index contributed by atoms with van der Waals surface area (Å²) in [5.74, 6) is 0.665. The highest BCUT2D eigenvalue weighted by Crippen LogP contribution is 2.48. The van der Waals surface area contributed by atoms with Crippen LogP contribution in [0, 0.1) is 0 Å². The summed E-state index contributed by atoms with van der Waals surface area (Å²) in [4.78, 5) is 17.5. The van der Waals surface area contributed by atoms with Crippen LogP contribution in [0.15, 0.2) is 0 Å². The molecule has 0 aliphatic heterocycles. The largest absolute Gasteiger partial charge is 0.344 e. The maximum atomic E-state index is 10.7. The van der Waals surface area contributed by atoms with Crippen molar-refractivity contribution in [3.63, 3.8) is 0 Å². The molecule has 0 bridgehead atoms. The lowest BCUT2D eigenvalue weighted by Gasteiger charge is -2.24. The van der Waals surface area contributed by atoms with E-state index in [0.29, 0.717) is 12.2 Å². The number of nitrogens with two attached hydrogens (primary N) is 1. The van der Waals surface area contributed by atoms with Crippen molar-refractivity contribution < 1.29 is 14.4 Å². The van der Waals surface area contributed by atoms with Gasteiger partial charge < -0.3 is 15.5 Å². The first-order valence-electron chi connectivity index (χ1n) is 3.15. The van der Waals surface area contributed by atoms with Crippen LogP contribution < -0.4 is 5.73 Å². The van der Waals surface area contributed by atoms with Gasteiger partial charge in [-0.1, -0.05) is 0 Å². The molecule has 68 valence electrons. The van der Waals surface area contributed by atoms with Gasteiger partial charge in [-0.3, -0.25) is 4.57 Å². The molecule has 1 unspecified atom stereocenters. The van der Waals surface area contributed by atoms with Gasteiger partial charge in [0.25, 0.3) is 0 Å². The Bertz CT molecular complexity index is 167. The average Bonchev–Trinajstić information content (AvgIpc) is 1.81. The van der Waals surface area contributed by atoms with E-state index < -0.39 is 12.9 Å². The molecule has 0 aromatic rings. The van der Waals surface area contributed by atoms with E-state index in [1.807, 2.05) is 6.26 Å². The van der Waals surface area contributed by atoms with E-state index in [2.05, 4.69) is 0 Å². The maximum Gasteiger partial charge on any atom is 0.344 e. The monoisotopic (exact) mass is 199 g/mol. The second-order valence-electron chi connectivity index (χ2n) is 2.64. The third-order valence-corrected chi connectivity index (χ3v) is 3.64. The molecule has 0 aliphatic carbocycles. The Hall–Kier alpha value is 0.460. The highest BCUT2D eigenvalue weighted by Gasteiger charge is 2.37. The Morgan fingerprint density at radius 2 is 2.09 bits per heavy atom. The molecule has 0 aliphatic rings. The molecule has 0 spiro atoms. The van der Waals surface area contributed by atoms with E-state index in [1.54, 1.807) is 0 Å². The molecule has 4 N–H and O–H groups in total. The predicted octanol–water partition coefficient (Wildman–Crippen LogP) is 0.592. The minimum atomic E-state index is -4.13. The topological polar surface area (TPSA) is 83.6 Å². The molecular formula is C5H14NO3PS. The number of thioether (sulfide) groups is 1. The molecule has 0 amide bonds. The summed E-state index contributed by atoms with van der Waals surface area (Å²) < 4.78 is 10.7. The van der Waals surface area contributed by atoms with Gasteiger partial charge in [-0.15, -0.1) is 0 Å². The zero-order valence-corrected chi connectivity index (χ0v) is 8.36. The van der Waals surface area contributed by atoms with Crippen LogP contribution >= 0.6 is 19.4 Å². The Morgan fingerprint density at radius 3 is 2.36 bits per heavy atom. The second kappa shape index (κ2) is 3.92. The van der Waals surface area contributed by atoms with Crippen LogP contribution in [0.4, 0.5) is 0 Å². The summed E-state index contributed by atoms with van der Waals surface area (Å²) in [6.45, 7) is 1.38. The van der Waals surface area contributed by atoms with Gasteiger partial charge in [-0.2, -0.15) is 11.8 Å². The van der Waals surface area contributed by atoms with Gasteiger partial charge >= 0.3 is 7.60 Å². The first-order valence-corrected chi connectivity index (χ1v) is 6.15. The van der Waals surface area contributed by atoms with Crippen LogP contribution in [0.25, 0.3) is 0 Å². The van der Waals surface area contributed by atoms with Gasteiger partial charge in [0, 0.05) is 0 Å². The van der Waals surface area contributed by atoms with Crippen LogP contribution in [0.3, 0.4) is 0 Å². The van der Waals surface area contributed by atoms with E-state index in [9.17, 15) is 4.57 Å². The summed E-state index contributed by atoms with van der Waals surface area (Å²) in [5.41, 5.74) is 5.40. The van der Waals surface area contributed by atoms with Gasteiger partial charge in [0.05, 0.1) is 0 Å². The first kappa shape index (κ1) is 11.5. The van der Waals surface area contributed by atoms with Crippen molar-refractivity contribution >= 4 is 19.4 Å². The quantitative estimate of drug-likeness (QED) is 0.577. The maximum absolute atomic E-state index is 10.7. The minimum absolute atomic E-state index is 0.332. The minimum Gasteiger partial charge on any atom is -0.323 e. The fourth-order valence-corrected chi connectivity index (χ4v) is 1.64. The normalized spacial score (nSPS) is 17.9. The number of rotatable bonds is 4. The summed E-state index contributed by atoms with van der Waals surface area (Å²) in [6, 6.07) is 0. The standard InChI is InChI=1S/C5H14NO3PS/c1-5(6,3-4-11-2)10(7,8)9/h3-4,6H2,1-2H3,(H2,7,8,9). The third-order valence-electron chi connectivity index (χ3n) is 1.48. The van der Waals surface area contributed by atoms with Crippen molar-refractivity contribution in [3.8, 4) is 0 Å². The van der Waals surface area contributed by atoms with Crippen molar-refractivity contribution in [1.29, 1.82) is 0 Å². The number of hydrogen-bond acceptors (Lipinski definition) is 3. The van der Waals surface area contributed by atoms with Gasteiger partial charge in [0.2, 0.25) is 0 Å². The molecule has 0 saturated heterocycles. The van der Waals surface area contributed by atoms with Gasteiger partial charge in [0.15, 0.2) is 0 Å². The summed E-state index contributed by atoms with van der Waals surface area (Å²) >= 11 is 1.52. The fourth-order valence-electron chi connectivity index (χ4n) is 0.454. The molecule has 0 aromatic heterocycles. The Labute approximate surface area is 70.7 Å². The highest BCUT2D eigenvalue weighted by atomic mass is 32.2. The first-order chi connectivity index (χ1) is 4.81. The lowest BCUT2D eigenvalue weighted by molar-refractivity contribution is 0.329. The van der Waals surface area contributed by atoms with Crippen molar-refractivity contribution in [2.45, 2.75) is 18.6 Å². The van der Waals surface area contributed by atoms with E-state index in [0.717, 1.165) is 0 Å². The molecule has 0 heterocycles. The Morgan fingerprint density at radius 1 is 1.64 bits per heavy atom. The Balaban J connectivity index is 4.11. The molecule has 0 fully saturated rings. The third kappa shape index (κ3) is 3.58. The molecule has 0 rings (SSSR count). The zero-order chi connectivity index (χ0) is 9.12. The molecule has 0 saturated carbocycles.